The third-order valence-electron chi connectivity index (χ3n) is 3.28. The van der Waals surface area contributed by atoms with Gasteiger partial charge in [-0.1, -0.05) is 29.8 Å². The van der Waals surface area contributed by atoms with Crippen molar-refractivity contribution in [2.45, 2.75) is 13.0 Å². The van der Waals surface area contributed by atoms with E-state index in [-0.39, 0.29) is 0 Å². The van der Waals surface area contributed by atoms with E-state index in [1.807, 2.05) is 0 Å². The Kier molecular flexibility index (Phi) is 2.56. The molecule has 17 heavy (non-hydrogen) atoms. The zero-order chi connectivity index (χ0) is 11.8. The van der Waals surface area contributed by atoms with Gasteiger partial charge in [0, 0.05) is 24.4 Å². The molecular weight excluding hydrogens is 228 g/mol. The Morgan fingerprint density at radius 1 is 1.35 bits per heavy atom. The van der Waals surface area contributed by atoms with Crippen LogP contribution in [0, 0.1) is 6.92 Å². The number of benzene rings is 1. The molecule has 1 aromatic heterocycles. The third-order valence-corrected chi connectivity index (χ3v) is 4.01. The molecule has 0 radical (unpaired) electrons. The van der Waals surface area contributed by atoms with Gasteiger partial charge >= 0.3 is 0 Å². The summed E-state index contributed by atoms with van der Waals surface area (Å²) in [6.07, 6.45) is 0. The molecule has 0 aliphatic carbocycles. The van der Waals surface area contributed by atoms with Gasteiger partial charge in [-0.2, -0.15) is 0 Å². The van der Waals surface area contributed by atoms with Crippen LogP contribution in [0.5, 0.6) is 0 Å². The molecule has 0 saturated carbocycles. The second-order valence-electron chi connectivity index (χ2n) is 4.66. The van der Waals surface area contributed by atoms with Gasteiger partial charge in [-0.05, 0) is 12.5 Å². The lowest BCUT2D eigenvalue weighted by Gasteiger charge is -2.33. The van der Waals surface area contributed by atoms with Gasteiger partial charge in [0.1, 0.15) is 0 Å². The van der Waals surface area contributed by atoms with Crippen LogP contribution in [0.1, 0.15) is 17.2 Å². The van der Waals surface area contributed by atoms with Gasteiger partial charge in [0.25, 0.3) is 0 Å². The fraction of sp³-hybridized carbons (Fsp3) is 0.286. The molecule has 0 amide bonds. The lowest BCUT2D eigenvalue weighted by Crippen LogP contribution is -2.32. The van der Waals surface area contributed by atoms with E-state index in [9.17, 15) is 0 Å². The Labute approximate surface area is 106 Å². The average Bonchev–Trinajstić information content (AvgIpc) is 2.77. The normalized spacial score (nSPS) is 18.7. The van der Waals surface area contributed by atoms with E-state index in [0.29, 0.717) is 6.04 Å². The smallest absolute Gasteiger partial charge is 0.0709 e. The summed E-state index contributed by atoms with van der Waals surface area (Å²) in [7, 11) is 2.16. The number of nitrogens with zero attached hydrogens (tertiary/aromatic N) is 1. The van der Waals surface area contributed by atoms with Gasteiger partial charge < -0.3 is 10.2 Å². The number of hydrogen-bond donors (Lipinski definition) is 1. The molecule has 1 N–H and O–H groups in total. The highest BCUT2D eigenvalue weighted by Crippen LogP contribution is 2.37. The molecule has 2 nitrogen and oxygen atoms in total. The molecule has 3 heteroatoms. The van der Waals surface area contributed by atoms with E-state index in [0.717, 1.165) is 6.54 Å². The van der Waals surface area contributed by atoms with Crippen LogP contribution in [0.15, 0.2) is 35.0 Å². The van der Waals surface area contributed by atoms with E-state index in [4.69, 9.17) is 0 Å². The second kappa shape index (κ2) is 4.08. The monoisotopic (exact) mass is 244 g/mol. The van der Waals surface area contributed by atoms with E-state index in [1.54, 1.807) is 11.3 Å². The Hall–Kier alpha value is -1.48. The molecule has 1 atom stereocenters. The summed E-state index contributed by atoms with van der Waals surface area (Å²) in [6.45, 7) is 3.17. The van der Waals surface area contributed by atoms with Crippen LogP contribution < -0.4 is 10.2 Å². The average molecular weight is 244 g/mol. The SMILES string of the molecule is Cc1cccc(C2CN(C)c3cscc3N2)c1. The van der Waals surface area contributed by atoms with Gasteiger partial charge in [-0.3, -0.25) is 0 Å². The molecular formula is C14H16N2S. The highest BCUT2D eigenvalue weighted by molar-refractivity contribution is 7.09. The maximum absolute atomic E-state index is 3.62. The summed E-state index contributed by atoms with van der Waals surface area (Å²) in [4.78, 5) is 2.33. The fourth-order valence-electron chi connectivity index (χ4n) is 2.38. The molecule has 0 fully saturated rings. The van der Waals surface area contributed by atoms with Gasteiger partial charge in [-0.15, -0.1) is 11.3 Å². The molecule has 1 aromatic carbocycles. The molecule has 1 aliphatic heterocycles. The van der Waals surface area contributed by atoms with E-state index < -0.39 is 0 Å². The third kappa shape index (κ3) is 1.91. The summed E-state index contributed by atoms with van der Waals surface area (Å²) in [6, 6.07) is 9.14. The van der Waals surface area contributed by atoms with Gasteiger partial charge in [0.15, 0.2) is 0 Å². The van der Waals surface area contributed by atoms with Crippen LogP contribution in [0.3, 0.4) is 0 Å². The van der Waals surface area contributed by atoms with E-state index in [2.05, 4.69) is 59.2 Å². The van der Waals surface area contributed by atoms with Crippen molar-refractivity contribution in [1.82, 2.24) is 0 Å². The van der Waals surface area contributed by atoms with E-state index >= 15 is 0 Å². The second-order valence-corrected chi connectivity index (χ2v) is 5.41. The minimum atomic E-state index is 0.391. The van der Waals surface area contributed by atoms with Crippen LogP contribution >= 0.6 is 11.3 Å². The summed E-state index contributed by atoms with van der Waals surface area (Å²) >= 11 is 1.76. The van der Waals surface area contributed by atoms with E-state index in [1.165, 1.54) is 22.5 Å². The Balaban J connectivity index is 1.93. The number of rotatable bonds is 1. The number of anilines is 2. The van der Waals surface area contributed by atoms with Crippen molar-refractivity contribution in [3.05, 3.63) is 46.2 Å². The Morgan fingerprint density at radius 2 is 2.24 bits per heavy atom. The topological polar surface area (TPSA) is 15.3 Å². The quantitative estimate of drug-likeness (QED) is 0.823. The summed E-state index contributed by atoms with van der Waals surface area (Å²) < 4.78 is 0. The summed E-state index contributed by atoms with van der Waals surface area (Å²) in [5.74, 6) is 0. The number of thiophene rings is 1. The molecule has 1 aliphatic rings. The molecule has 2 aromatic rings. The molecule has 2 heterocycles. The summed E-state index contributed by atoms with van der Waals surface area (Å²) in [5, 5.41) is 8.01. The van der Waals surface area contributed by atoms with Crippen molar-refractivity contribution in [1.29, 1.82) is 0 Å². The first-order valence-electron chi connectivity index (χ1n) is 5.84. The van der Waals surface area contributed by atoms with Crippen molar-refractivity contribution in [3.8, 4) is 0 Å². The maximum Gasteiger partial charge on any atom is 0.0709 e. The lowest BCUT2D eigenvalue weighted by molar-refractivity contribution is 0.727. The van der Waals surface area contributed by atoms with Crippen molar-refractivity contribution >= 4 is 22.7 Å². The maximum atomic E-state index is 3.62. The molecule has 0 spiro atoms. The Bertz CT molecular complexity index is 533. The number of nitrogens with one attached hydrogen (secondary N) is 1. The standard InChI is InChI=1S/C14H16N2S/c1-10-4-3-5-11(6-10)12-7-16(2)14-9-17-8-13(14)15-12/h3-6,8-9,12,15H,7H2,1-2H3. The van der Waals surface area contributed by atoms with Crippen molar-refractivity contribution in [2.24, 2.45) is 0 Å². The van der Waals surface area contributed by atoms with Crippen LogP contribution in [0.25, 0.3) is 0 Å². The zero-order valence-corrected chi connectivity index (χ0v) is 10.9. The first-order valence-corrected chi connectivity index (χ1v) is 6.79. The molecule has 3 rings (SSSR count). The number of aryl methyl sites for hydroxylation is 1. The molecule has 1 unspecified atom stereocenters. The highest BCUT2D eigenvalue weighted by atomic mass is 32.1. The minimum absolute atomic E-state index is 0.391. The van der Waals surface area contributed by atoms with Crippen molar-refractivity contribution in [3.63, 3.8) is 0 Å². The number of fused-ring (bicyclic) bond motifs is 1. The van der Waals surface area contributed by atoms with Crippen LogP contribution in [-0.2, 0) is 0 Å². The molecule has 0 saturated heterocycles. The predicted octanol–water partition coefficient (Wildman–Crippen LogP) is 3.66. The molecule has 0 bridgehead atoms. The summed E-state index contributed by atoms with van der Waals surface area (Å²) in [5.41, 5.74) is 5.27. The highest BCUT2D eigenvalue weighted by Gasteiger charge is 2.23. The van der Waals surface area contributed by atoms with Crippen molar-refractivity contribution < 1.29 is 0 Å². The molecule has 88 valence electrons. The van der Waals surface area contributed by atoms with Crippen LogP contribution in [-0.4, -0.2) is 13.6 Å². The fourth-order valence-corrected chi connectivity index (χ4v) is 3.20. The van der Waals surface area contributed by atoms with Crippen molar-refractivity contribution in [2.75, 3.05) is 23.8 Å². The first kappa shape index (κ1) is 10.7. The van der Waals surface area contributed by atoms with Crippen LogP contribution in [0.2, 0.25) is 0 Å². The predicted molar refractivity (Wildman–Crippen MR) is 75.1 cm³/mol. The zero-order valence-electron chi connectivity index (χ0n) is 10.1. The van der Waals surface area contributed by atoms with Gasteiger partial charge in [-0.25, -0.2) is 0 Å². The number of likely N-dealkylation sites (N-methyl/N-ethyl adjacent to an activating group) is 1. The van der Waals surface area contributed by atoms with Crippen LogP contribution in [0.4, 0.5) is 11.4 Å². The largest absolute Gasteiger partial charge is 0.374 e. The lowest BCUT2D eigenvalue weighted by atomic mass is 10.0. The van der Waals surface area contributed by atoms with Gasteiger partial charge in [0.2, 0.25) is 0 Å². The Morgan fingerprint density at radius 3 is 3.06 bits per heavy atom. The van der Waals surface area contributed by atoms with Gasteiger partial charge in [0.05, 0.1) is 17.4 Å². The number of hydrogen-bond acceptors (Lipinski definition) is 3. The minimum Gasteiger partial charge on any atom is -0.374 e. The first-order chi connectivity index (χ1) is 8.24.